The highest BCUT2D eigenvalue weighted by atomic mass is 32.2. The SMILES string of the molecule is CC(C)(C)OC(=O)NC1(C(=O)O)NC=CS1. The molecule has 0 radical (unpaired) electrons. The second-order valence-corrected chi connectivity index (χ2v) is 5.30. The highest BCUT2D eigenvalue weighted by molar-refractivity contribution is 8.04. The second-order valence-electron chi connectivity index (χ2n) is 4.18. The molecule has 1 atom stereocenters. The third-order valence-electron chi connectivity index (χ3n) is 1.58. The fourth-order valence-corrected chi connectivity index (χ4v) is 1.72. The van der Waals surface area contributed by atoms with Gasteiger partial charge in [-0.1, -0.05) is 11.8 Å². The molecule has 0 aromatic rings. The first kappa shape index (κ1) is 12.7. The number of alkyl carbamates (subject to hydrolysis) is 1. The van der Waals surface area contributed by atoms with E-state index >= 15 is 0 Å². The predicted octanol–water partition coefficient (Wildman–Crippen LogP) is 1.06. The lowest BCUT2D eigenvalue weighted by atomic mass is 10.2. The van der Waals surface area contributed by atoms with Gasteiger partial charge in [-0.3, -0.25) is 5.32 Å². The van der Waals surface area contributed by atoms with Gasteiger partial charge in [-0.15, -0.1) is 0 Å². The van der Waals surface area contributed by atoms with Gasteiger partial charge in [-0.2, -0.15) is 0 Å². The van der Waals surface area contributed by atoms with Crippen molar-refractivity contribution in [1.82, 2.24) is 10.6 Å². The molecule has 6 nitrogen and oxygen atoms in total. The molecule has 0 aliphatic carbocycles. The first-order valence-electron chi connectivity index (χ1n) is 4.60. The number of nitrogens with one attached hydrogen (secondary N) is 2. The molecule has 0 saturated carbocycles. The van der Waals surface area contributed by atoms with Gasteiger partial charge in [0.25, 0.3) is 4.99 Å². The topological polar surface area (TPSA) is 87.7 Å². The van der Waals surface area contributed by atoms with E-state index in [1.54, 1.807) is 26.2 Å². The minimum atomic E-state index is -1.57. The van der Waals surface area contributed by atoms with Crippen LogP contribution in [-0.2, 0) is 9.53 Å². The summed E-state index contributed by atoms with van der Waals surface area (Å²) in [6, 6.07) is 0. The lowest BCUT2D eigenvalue weighted by molar-refractivity contribution is -0.141. The monoisotopic (exact) mass is 246 g/mol. The van der Waals surface area contributed by atoms with E-state index in [2.05, 4.69) is 10.6 Å². The molecule has 1 rings (SSSR count). The minimum Gasteiger partial charge on any atom is -0.477 e. The Morgan fingerprint density at radius 2 is 2.12 bits per heavy atom. The van der Waals surface area contributed by atoms with Gasteiger partial charge in [0.2, 0.25) is 0 Å². The zero-order valence-corrected chi connectivity index (χ0v) is 10.1. The van der Waals surface area contributed by atoms with Crippen LogP contribution in [0.3, 0.4) is 0 Å². The Labute approximate surface area is 97.4 Å². The third-order valence-corrected chi connectivity index (χ3v) is 2.60. The molecular formula is C9H14N2O4S. The van der Waals surface area contributed by atoms with Crippen molar-refractivity contribution in [2.24, 2.45) is 0 Å². The number of carbonyl (C=O) groups excluding carboxylic acids is 1. The Balaban J connectivity index is 2.64. The molecule has 0 fully saturated rings. The van der Waals surface area contributed by atoms with E-state index in [0.717, 1.165) is 11.8 Å². The van der Waals surface area contributed by atoms with E-state index in [1.165, 1.54) is 6.20 Å². The van der Waals surface area contributed by atoms with E-state index in [-0.39, 0.29) is 0 Å². The molecule has 7 heteroatoms. The summed E-state index contributed by atoms with van der Waals surface area (Å²) in [5.41, 5.74) is -0.666. The maximum Gasteiger partial charge on any atom is 0.410 e. The van der Waals surface area contributed by atoms with Crippen LogP contribution in [0.15, 0.2) is 11.6 Å². The number of carboxylic acid groups (broad SMARTS) is 1. The highest BCUT2D eigenvalue weighted by Gasteiger charge is 2.43. The molecule has 1 heterocycles. The van der Waals surface area contributed by atoms with Crippen LogP contribution in [0.5, 0.6) is 0 Å². The summed E-state index contributed by atoms with van der Waals surface area (Å²) >= 11 is 0.949. The van der Waals surface area contributed by atoms with Gasteiger partial charge >= 0.3 is 12.1 Å². The Kier molecular flexibility index (Phi) is 3.37. The third kappa shape index (κ3) is 3.06. The van der Waals surface area contributed by atoms with Crippen molar-refractivity contribution >= 4 is 23.8 Å². The van der Waals surface area contributed by atoms with E-state index in [9.17, 15) is 9.59 Å². The summed E-state index contributed by atoms with van der Waals surface area (Å²) in [5, 5.41) is 15.4. The molecule has 1 amide bonds. The number of carbonyl (C=O) groups is 2. The summed E-state index contributed by atoms with van der Waals surface area (Å²) in [6.07, 6.45) is 0.675. The van der Waals surface area contributed by atoms with E-state index in [0.29, 0.717) is 0 Å². The first-order chi connectivity index (χ1) is 7.25. The fraction of sp³-hybridized carbons (Fsp3) is 0.556. The first-order valence-corrected chi connectivity index (χ1v) is 5.48. The van der Waals surface area contributed by atoms with Crippen molar-refractivity contribution in [3.05, 3.63) is 11.6 Å². The van der Waals surface area contributed by atoms with Gasteiger partial charge in [-0.25, -0.2) is 9.59 Å². The molecule has 1 aliphatic rings. The van der Waals surface area contributed by atoms with E-state index < -0.39 is 22.7 Å². The van der Waals surface area contributed by atoms with Crippen molar-refractivity contribution in [1.29, 1.82) is 0 Å². The van der Waals surface area contributed by atoms with Crippen LogP contribution in [-0.4, -0.2) is 27.8 Å². The van der Waals surface area contributed by atoms with Crippen molar-refractivity contribution < 1.29 is 19.4 Å². The Bertz CT molecular complexity index is 327. The zero-order valence-electron chi connectivity index (χ0n) is 9.23. The average Bonchev–Trinajstić information content (AvgIpc) is 2.49. The summed E-state index contributed by atoms with van der Waals surface area (Å²) in [7, 11) is 0. The molecule has 1 aliphatic heterocycles. The summed E-state index contributed by atoms with van der Waals surface area (Å²) in [5.74, 6) is -1.19. The maximum atomic E-state index is 11.4. The van der Waals surface area contributed by atoms with Crippen LogP contribution in [0.2, 0.25) is 0 Å². The smallest absolute Gasteiger partial charge is 0.410 e. The van der Waals surface area contributed by atoms with Crippen molar-refractivity contribution in [2.75, 3.05) is 0 Å². The number of carboxylic acids is 1. The molecule has 16 heavy (non-hydrogen) atoms. The molecule has 90 valence electrons. The molecule has 0 aromatic carbocycles. The molecule has 0 saturated heterocycles. The highest BCUT2D eigenvalue weighted by Crippen LogP contribution is 2.26. The molecule has 0 aromatic heterocycles. The van der Waals surface area contributed by atoms with Crippen molar-refractivity contribution in [2.45, 2.75) is 31.4 Å². The van der Waals surface area contributed by atoms with Gasteiger partial charge in [0, 0.05) is 6.20 Å². The average molecular weight is 246 g/mol. The van der Waals surface area contributed by atoms with Crippen LogP contribution < -0.4 is 10.6 Å². The van der Waals surface area contributed by atoms with Crippen molar-refractivity contribution in [3.63, 3.8) is 0 Å². The molecule has 0 bridgehead atoms. The number of thioether (sulfide) groups is 1. The quantitative estimate of drug-likeness (QED) is 0.675. The van der Waals surface area contributed by atoms with E-state index in [4.69, 9.17) is 9.84 Å². The Morgan fingerprint density at radius 3 is 2.50 bits per heavy atom. The number of rotatable bonds is 2. The molecule has 0 spiro atoms. The Morgan fingerprint density at radius 1 is 1.50 bits per heavy atom. The number of hydrogen-bond donors (Lipinski definition) is 3. The van der Waals surface area contributed by atoms with Gasteiger partial charge in [0.05, 0.1) is 0 Å². The zero-order chi connectivity index (χ0) is 12.4. The van der Waals surface area contributed by atoms with Crippen LogP contribution in [0.1, 0.15) is 20.8 Å². The van der Waals surface area contributed by atoms with Crippen LogP contribution >= 0.6 is 11.8 Å². The van der Waals surface area contributed by atoms with Gasteiger partial charge < -0.3 is 15.2 Å². The van der Waals surface area contributed by atoms with E-state index in [1.807, 2.05) is 0 Å². The number of ether oxygens (including phenoxy) is 1. The lowest BCUT2D eigenvalue weighted by Gasteiger charge is -2.27. The van der Waals surface area contributed by atoms with Gasteiger partial charge in [0.1, 0.15) is 5.60 Å². The number of amides is 1. The lowest BCUT2D eigenvalue weighted by Crippen LogP contribution is -2.59. The molecular weight excluding hydrogens is 232 g/mol. The largest absolute Gasteiger partial charge is 0.477 e. The van der Waals surface area contributed by atoms with Crippen LogP contribution in [0.25, 0.3) is 0 Å². The van der Waals surface area contributed by atoms with Crippen LogP contribution in [0.4, 0.5) is 4.79 Å². The number of aliphatic carboxylic acids is 1. The van der Waals surface area contributed by atoms with Crippen LogP contribution in [0, 0.1) is 0 Å². The molecule has 3 N–H and O–H groups in total. The summed E-state index contributed by atoms with van der Waals surface area (Å²) in [4.78, 5) is 20.9. The second kappa shape index (κ2) is 4.25. The summed E-state index contributed by atoms with van der Waals surface area (Å²) < 4.78 is 4.98. The number of hydrogen-bond acceptors (Lipinski definition) is 5. The Hall–Kier alpha value is -1.37. The van der Waals surface area contributed by atoms with Crippen molar-refractivity contribution in [3.8, 4) is 0 Å². The fourth-order valence-electron chi connectivity index (χ4n) is 1.000. The summed E-state index contributed by atoms with van der Waals surface area (Å²) in [6.45, 7) is 5.11. The maximum absolute atomic E-state index is 11.4. The van der Waals surface area contributed by atoms with Gasteiger partial charge in [0.15, 0.2) is 0 Å². The standard InChI is InChI=1S/C9H14N2O4S/c1-8(2,3)15-7(14)11-9(6(12)13)10-4-5-16-9/h4-5,10H,1-3H3,(H,11,14)(H,12,13). The normalized spacial score (nSPS) is 23.7. The molecule has 1 unspecified atom stereocenters. The van der Waals surface area contributed by atoms with Gasteiger partial charge in [-0.05, 0) is 26.2 Å². The minimum absolute atomic E-state index is 0.666. The predicted molar refractivity (Wildman–Crippen MR) is 59.6 cm³/mol.